The Kier molecular flexibility index (Phi) is 4.59. The third-order valence-electron chi connectivity index (χ3n) is 6.16. The Morgan fingerprint density at radius 1 is 1.12 bits per heavy atom. The van der Waals surface area contributed by atoms with Gasteiger partial charge in [0, 0.05) is 23.7 Å². The first-order chi connectivity index (χ1) is 12.4. The molecule has 0 radical (unpaired) electrons. The number of rotatable bonds is 4. The molecule has 0 bridgehead atoms. The standard InChI is InChI=1S/C20H28N2O3S/c1-13-5-3-4-6-18(13)21-26(24,25)17-9-10-19-16(12-17)11-14(2)22(19)20(23)15-7-8-15/h9-10,12-15,18,21H,3-8,11H2,1-2H3. The number of nitrogens with one attached hydrogen (secondary N) is 1. The topological polar surface area (TPSA) is 66.5 Å². The fraction of sp³-hybridized carbons (Fsp3) is 0.650. The molecule has 3 unspecified atom stereocenters. The Bertz CT molecular complexity index is 816. The zero-order valence-corrected chi connectivity index (χ0v) is 16.4. The zero-order valence-electron chi connectivity index (χ0n) is 15.6. The van der Waals surface area contributed by atoms with Gasteiger partial charge < -0.3 is 4.90 Å². The third kappa shape index (κ3) is 3.29. The van der Waals surface area contributed by atoms with E-state index in [1.54, 1.807) is 12.1 Å². The van der Waals surface area contributed by atoms with E-state index < -0.39 is 10.0 Å². The van der Waals surface area contributed by atoms with Gasteiger partial charge in [0.1, 0.15) is 0 Å². The van der Waals surface area contributed by atoms with Crippen LogP contribution in [0.15, 0.2) is 23.1 Å². The fourth-order valence-electron chi connectivity index (χ4n) is 4.40. The van der Waals surface area contributed by atoms with E-state index in [1.165, 1.54) is 6.42 Å². The van der Waals surface area contributed by atoms with Gasteiger partial charge in [0.15, 0.2) is 0 Å². The quantitative estimate of drug-likeness (QED) is 0.877. The summed E-state index contributed by atoms with van der Waals surface area (Å²) in [7, 11) is -3.53. The first-order valence-corrected chi connectivity index (χ1v) is 11.3. The van der Waals surface area contributed by atoms with Crippen LogP contribution < -0.4 is 9.62 Å². The Labute approximate surface area is 156 Å². The van der Waals surface area contributed by atoms with Crippen molar-refractivity contribution in [3.63, 3.8) is 0 Å². The lowest BCUT2D eigenvalue weighted by Gasteiger charge is -2.29. The van der Waals surface area contributed by atoms with Crippen molar-refractivity contribution in [2.24, 2.45) is 11.8 Å². The molecule has 6 heteroatoms. The van der Waals surface area contributed by atoms with Crippen molar-refractivity contribution in [1.29, 1.82) is 0 Å². The van der Waals surface area contributed by atoms with Crippen LogP contribution in [0.25, 0.3) is 0 Å². The molecule has 2 aliphatic carbocycles. The number of sulfonamides is 1. The molecule has 1 N–H and O–H groups in total. The van der Waals surface area contributed by atoms with Crippen LogP contribution in [0.2, 0.25) is 0 Å². The Morgan fingerprint density at radius 3 is 2.54 bits per heavy atom. The molecule has 5 nitrogen and oxygen atoms in total. The van der Waals surface area contributed by atoms with Gasteiger partial charge in [-0.25, -0.2) is 13.1 Å². The first kappa shape index (κ1) is 18.0. The third-order valence-corrected chi connectivity index (χ3v) is 7.65. The number of carbonyl (C=O) groups is 1. The first-order valence-electron chi connectivity index (χ1n) is 9.85. The highest BCUT2D eigenvalue weighted by atomic mass is 32.2. The van der Waals surface area contributed by atoms with E-state index in [9.17, 15) is 13.2 Å². The van der Waals surface area contributed by atoms with Crippen molar-refractivity contribution in [1.82, 2.24) is 4.72 Å². The minimum absolute atomic E-state index is 0.0221. The molecule has 3 aliphatic rings. The van der Waals surface area contributed by atoms with Crippen molar-refractivity contribution in [3.05, 3.63) is 23.8 Å². The van der Waals surface area contributed by atoms with Crippen LogP contribution >= 0.6 is 0 Å². The van der Waals surface area contributed by atoms with Crippen LogP contribution in [-0.4, -0.2) is 26.4 Å². The molecular weight excluding hydrogens is 348 g/mol. The van der Waals surface area contributed by atoms with Gasteiger partial charge >= 0.3 is 0 Å². The van der Waals surface area contributed by atoms with E-state index in [2.05, 4.69) is 11.6 Å². The highest BCUT2D eigenvalue weighted by Crippen LogP contribution is 2.39. The summed E-state index contributed by atoms with van der Waals surface area (Å²) in [5.74, 6) is 0.738. The molecule has 1 amide bonds. The van der Waals surface area contributed by atoms with E-state index in [-0.39, 0.29) is 23.9 Å². The molecule has 4 rings (SSSR count). The highest BCUT2D eigenvalue weighted by molar-refractivity contribution is 7.89. The maximum atomic E-state index is 12.9. The number of amides is 1. The monoisotopic (exact) mass is 376 g/mol. The second-order valence-corrected chi connectivity index (χ2v) is 10.0. The minimum atomic E-state index is -3.53. The molecule has 0 aromatic heterocycles. The molecule has 3 atom stereocenters. The van der Waals surface area contributed by atoms with E-state index in [4.69, 9.17) is 0 Å². The van der Waals surface area contributed by atoms with Crippen LogP contribution in [-0.2, 0) is 21.2 Å². The van der Waals surface area contributed by atoms with Gasteiger partial charge in [-0.3, -0.25) is 4.79 Å². The number of nitrogens with zero attached hydrogens (tertiary/aromatic N) is 1. The van der Waals surface area contributed by atoms with E-state index in [1.807, 2.05) is 17.9 Å². The molecular formula is C20H28N2O3S. The summed E-state index contributed by atoms with van der Waals surface area (Å²) in [5, 5.41) is 0. The van der Waals surface area contributed by atoms with Gasteiger partial charge in [0.05, 0.1) is 4.90 Å². The van der Waals surface area contributed by atoms with Crippen LogP contribution in [0.5, 0.6) is 0 Å². The van der Waals surface area contributed by atoms with Crippen molar-refractivity contribution in [2.75, 3.05) is 4.90 Å². The summed E-state index contributed by atoms with van der Waals surface area (Å²) in [6.45, 7) is 4.16. The summed E-state index contributed by atoms with van der Waals surface area (Å²) in [6.07, 6.45) is 6.93. The van der Waals surface area contributed by atoms with Gasteiger partial charge in [-0.1, -0.05) is 19.8 Å². The molecule has 1 aromatic rings. The number of hydrogen-bond acceptors (Lipinski definition) is 3. The lowest BCUT2D eigenvalue weighted by atomic mass is 9.87. The van der Waals surface area contributed by atoms with Crippen LogP contribution in [0.3, 0.4) is 0 Å². The van der Waals surface area contributed by atoms with Crippen molar-refractivity contribution < 1.29 is 13.2 Å². The van der Waals surface area contributed by atoms with Crippen molar-refractivity contribution >= 4 is 21.6 Å². The fourth-order valence-corrected chi connectivity index (χ4v) is 5.83. The second-order valence-electron chi connectivity index (χ2n) is 8.32. The number of hydrogen-bond donors (Lipinski definition) is 1. The molecule has 2 fully saturated rings. The SMILES string of the molecule is CC1CCCCC1NS(=O)(=O)c1ccc2c(c1)CC(C)N2C(=O)C1CC1. The van der Waals surface area contributed by atoms with E-state index in [0.29, 0.717) is 10.8 Å². The minimum Gasteiger partial charge on any atom is -0.309 e. The van der Waals surface area contributed by atoms with Gasteiger partial charge in [0.25, 0.3) is 0 Å². The van der Waals surface area contributed by atoms with Crippen LogP contribution in [0.1, 0.15) is 57.9 Å². The van der Waals surface area contributed by atoms with Crippen LogP contribution in [0.4, 0.5) is 5.69 Å². The summed E-state index contributed by atoms with van der Waals surface area (Å²) in [6, 6.07) is 5.36. The largest absolute Gasteiger partial charge is 0.309 e. The van der Waals surface area contributed by atoms with Gasteiger partial charge in [-0.15, -0.1) is 0 Å². The van der Waals surface area contributed by atoms with Crippen molar-refractivity contribution in [3.8, 4) is 0 Å². The van der Waals surface area contributed by atoms with E-state index in [0.717, 1.165) is 49.8 Å². The van der Waals surface area contributed by atoms with Crippen molar-refractivity contribution in [2.45, 2.75) is 75.8 Å². The normalized spacial score (nSPS) is 28.8. The molecule has 2 saturated carbocycles. The molecule has 142 valence electrons. The predicted molar refractivity (Wildman–Crippen MR) is 102 cm³/mol. The van der Waals surface area contributed by atoms with Gasteiger partial charge in [-0.05, 0) is 68.7 Å². The van der Waals surface area contributed by atoms with Gasteiger partial charge in [-0.2, -0.15) is 0 Å². The maximum Gasteiger partial charge on any atom is 0.240 e. The molecule has 1 aliphatic heterocycles. The average Bonchev–Trinajstić information content (AvgIpc) is 3.38. The maximum absolute atomic E-state index is 12.9. The number of carbonyl (C=O) groups excluding carboxylic acids is 1. The highest BCUT2D eigenvalue weighted by Gasteiger charge is 2.40. The summed E-state index contributed by atoms with van der Waals surface area (Å²) in [5.41, 5.74) is 1.85. The smallest absolute Gasteiger partial charge is 0.240 e. The molecule has 0 saturated heterocycles. The number of fused-ring (bicyclic) bond motifs is 1. The van der Waals surface area contributed by atoms with E-state index >= 15 is 0 Å². The number of benzene rings is 1. The molecule has 26 heavy (non-hydrogen) atoms. The Morgan fingerprint density at radius 2 is 1.85 bits per heavy atom. The van der Waals surface area contributed by atoms with Gasteiger partial charge in [0.2, 0.25) is 15.9 Å². The molecule has 0 spiro atoms. The summed E-state index contributed by atoms with van der Waals surface area (Å²) < 4.78 is 28.7. The lowest BCUT2D eigenvalue weighted by Crippen LogP contribution is -2.41. The Hall–Kier alpha value is -1.40. The molecule has 1 heterocycles. The predicted octanol–water partition coefficient (Wildman–Crippen LogP) is 3.23. The molecule has 1 aromatic carbocycles. The Balaban J connectivity index is 1.57. The second kappa shape index (κ2) is 6.64. The van der Waals surface area contributed by atoms with Crippen LogP contribution in [0, 0.1) is 11.8 Å². The zero-order chi connectivity index (χ0) is 18.5. The lowest BCUT2D eigenvalue weighted by molar-refractivity contribution is -0.120. The summed E-state index contributed by atoms with van der Waals surface area (Å²) >= 11 is 0. The number of anilines is 1. The summed E-state index contributed by atoms with van der Waals surface area (Å²) in [4.78, 5) is 14.8. The average molecular weight is 377 g/mol.